The highest BCUT2D eigenvalue weighted by Gasteiger charge is 2.21. The molecule has 1 rings (SSSR count). The van der Waals surface area contributed by atoms with Crippen molar-refractivity contribution in [1.29, 1.82) is 0 Å². The average molecular weight is 403 g/mol. The van der Waals surface area contributed by atoms with Crippen LogP contribution in [-0.2, 0) is 4.74 Å². The van der Waals surface area contributed by atoms with Gasteiger partial charge in [-0.1, -0.05) is 53.0 Å². The van der Waals surface area contributed by atoms with Gasteiger partial charge in [0.2, 0.25) is 0 Å². The molecule has 0 aliphatic carbocycles. The third-order valence-corrected chi connectivity index (χ3v) is 5.72. The normalized spacial score (nSPS) is 14.0. The molecular weight excluding hydrogens is 360 g/mol. The van der Waals surface area contributed by atoms with E-state index in [4.69, 9.17) is 4.74 Å². The van der Waals surface area contributed by atoms with E-state index in [-0.39, 0.29) is 23.4 Å². The molecule has 0 amide bonds. The van der Waals surface area contributed by atoms with Crippen molar-refractivity contribution in [3.8, 4) is 0 Å². The number of ketones is 1. The van der Waals surface area contributed by atoms with E-state index >= 15 is 0 Å². The van der Waals surface area contributed by atoms with E-state index in [1.807, 2.05) is 6.92 Å². The van der Waals surface area contributed by atoms with Crippen LogP contribution in [0.15, 0.2) is 11.8 Å². The second kappa shape index (κ2) is 11.6. The van der Waals surface area contributed by atoms with Crippen LogP contribution >= 0.6 is 0 Å². The zero-order valence-corrected chi connectivity index (χ0v) is 20.1. The topological polar surface area (TPSA) is 52.1 Å². The smallest absolute Gasteiger partial charge is 0.182 e. The lowest BCUT2D eigenvalue weighted by Crippen LogP contribution is -2.26. The van der Waals surface area contributed by atoms with Crippen LogP contribution in [0.5, 0.6) is 0 Å². The minimum Gasteiger partial charge on any atom is -0.375 e. The summed E-state index contributed by atoms with van der Waals surface area (Å²) in [6, 6.07) is 0. The lowest BCUT2D eigenvalue weighted by atomic mass is 9.87. The third kappa shape index (κ3) is 8.38. The van der Waals surface area contributed by atoms with Gasteiger partial charge in [0.25, 0.3) is 0 Å². The summed E-state index contributed by atoms with van der Waals surface area (Å²) in [5.41, 5.74) is 3.44. The van der Waals surface area contributed by atoms with Crippen LogP contribution in [0.25, 0.3) is 6.08 Å². The first-order chi connectivity index (χ1) is 13.5. The fourth-order valence-corrected chi connectivity index (χ4v) is 3.36. The van der Waals surface area contributed by atoms with Crippen LogP contribution in [-0.4, -0.2) is 28.0 Å². The van der Waals surface area contributed by atoms with Gasteiger partial charge in [-0.05, 0) is 57.9 Å². The molecule has 0 saturated carbocycles. The zero-order chi connectivity index (χ0) is 22.2. The molecule has 0 N–H and O–H groups in total. The number of nitrogens with zero attached hydrogens (tertiary/aromatic N) is 2. The van der Waals surface area contributed by atoms with E-state index in [0.717, 1.165) is 37.1 Å². The Kier molecular flexibility index (Phi) is 10.2. The van der Waals surface area contributed by atoms with E-state index < -0.39 is 0 Å². The molecule has 0 saturated heterocycles. The summed E-state index contributed by atoms with van der Waals surface area (Å²) in [5, 5.41) is 0. The maximum absolute atomic E-state index is 12.6. The molecule has 0 bridgehead atoms. The predicted octanol–water partition coefficient (Wildman–Crippen LogP) is 6.82. The van der Waals surface area contributed by atoms with E-state index in [0.29, 0.717) is 18.0 Å². The van der Waals surface area contributed by atoms with E-state index in [9.17, 15) is 4.79 Å². The van der Waals surface area contributed by atoms with Crippen molar-refractivity contribution in [2.24, 2.45) is 11.3 Å². The highest BCUT2D eigenvalue weighted by atomic mass is 16.5. The van der Waals surface area contributed by atoms with Gasteiger partial charge in [0.05, 0.1) is 29.8 Å². The summed E-state index contributed by atoms with van der Waals surface area (Å²) >= 11 is 0. The molecule has 1 atom stereocenters. The Hall–Kier alpha value is -1.55. The molecule has 1 aromatic rings. The van der Waals surface area contributed by atoms with Gasteiger partial charge in [-0.2, -0.15) is 0 Å². The Bertz CT molecular complexity index is 683. The van der Waals surface area contributed by atoms with Crippen LogP contribution in [0.2, 0.25) is 0 Å². The molecule has 4 nitrogen and oxygen atoms in total. The minimum absolute atomic E-state index is 0.0662. The van der Waals surface area contributed by atoms with Crippen molar-refractivity contribution < 1.29 is 9.53 Å². The lowest BCUT2D eigenvalue weighted by Gasteiger charge is -2.27. The first-order valence-corrected chi connectivity index (χ1v) is 11.2. The van der Waals surface area contributed by atoms with Crippen molar-refractivity contribution in [3.05, 3.63) is 28.9 Å². The SMILES string of the molecule is CCC(CC)C(CCCC(=O)c1cnc(/C=C(\C)C(C)(C)C)c(C)n1)OC(C)C. The summed E-state index contributed by atoms with van der Waals surface area (Å²) in [4.78, 5) is 21.7. The van der Waals surface area contributed by atoms with Crippen molar-refractivity contribution in [2.45, 2.75) is 107 Å². The molecule has 1 heterocycles. The van der Waals surface area contributed by atoms with Gasteiger partial charge >= 0.3 is 0 Å². The molecule has 164 valence electrons. The van der Waals surface area contributed by atoms with Gasteiger partial charge in [0.15, 0.2) is 5.78 Å². The number of rotatable bonds is 11. The van der Waals surface area contributed by atoms with Gasteiger partial charge in [0, 0.05) is 6.42 Å². The molecule has 0 fully saturated rings. The monoisotopic (exact) mass is 402 g/mol. The Morgan fingerprint density at radius 1 is 1.21 bits per heavy atom. The second-order valence-corrected chi connectivity index (χ2v) is 9.42. The summed E-state index contributed by atoms with van der Waals surface area (Å²) in [7, 11) is 0. The summed E-state index contributed by atoms with van der Waals surface area (Å²) in [6.07, 6.45) is 8.56. The van der Waals surface area contributed by atoms with E-state index in [1.54, 1.807) is 6.20 Å². The van der Waals surface area contributed by atoms with E-state index in [2.05, 4.69) is 71.4 Å². The Labute approximate surface area is 178 Å². The fraction of sp³-hybridized carbons (Fsp3) is 0.720. The van der Waals surface area contributed by atoms with Gasteiger partial charge in [-0.15, -0.1) is 0 Å². The zero-order valence-electron chi connectivity index (χ0n) is 20.1. The van der Waals surface area contributed by atoms with E-state index in [1.165, 1.54) is 5.57 Å². The quantitative estimate of drug-likeness (QED) is 0.381. The second-order valence-electron chi connectivity index (χ2n) is 9.42. The predicted molar refractivity (Wildman–Crippen MR) is 122 cm³/mol. The number of carbonyl (C=O) groups excluding carboxylic acids is 1. The van der Waals surface area contributed by atoms with Crippen molar-refractivity contribution >= 4 is 11.9 Å². The fourth-order valence-electron chi connectivity index (χ4n) is 3.36. The van der Waals surface area contributed by atoms with Gasteiger partial charge < -0.3 is 4.74 Å². The third-order valence-electron chi connectivity index (χ3n) is 5.72. The largest absolute Gasteiger partial charge is 0.375 e. The standard InChI is InChI=1S/C25H42N2O2/c1-10-20(11-2)24(29-17(3)4)14-12-13-23(28)22-16-26-21(19(6)27-22)15-18(5)25(7,8)9/h15-17,20,24H,10-14H2,1-9H3/b18-15+. The Morgan fingerprint density at radius 2 is 1.83 bits per heavy atom. The summed E-state index contributed by atoms with van der Waals surface area (Å²) < 4.78 is 6.14. The number of Topliss-reactive ketones (excluding diaryl/α,β-unsaturated/α-hetero) is 1. The Balaban J connectivity index is 2.76. The molecule has 1 aromatic heterocycles. The highest BCUT2D eigenvalue weighted by Crippen LogP contribution is 2.27. The minimum atomic E-state index is 0.0662. The van der Waals surface area contributed by atoms with Gasteiger partial charge in [0.1, 0.15) is 5.69 Å². The van der Waals surface area contributed by atoms with Gasteiger partial charge in [-0.25, -0.2) is 4.98 Å². The molecular formula is C25H42N2O2. The first kappa shape index (κ1) is 25.5. The van der Waals surface area contributed by atoms with Crippen molar-refractivity contribution in [1.82, 2.24) is 9.97 Å². The summed E-state index contributed by atoms with van der Waals surface area (Å²) in [6.45, 7) is 19.1. The lowest BCUT2D eigenvalue weighted by molar-refractivity contribution is -0.0337. The van der Waals surface area contributed by atoms with Crippen LogP contribution in [0.3, 0.4) is 0 Å². The summed E-state index contributed by atoms with van der Waals surface area (Å²) in [5.74, 6) is 0.614. The number of hydrogen-bond acceptors (Lipinski definition) is 4. The molecule has 0 spiro atoms. The number of aryl methyl sites for hydroxylation is 1. The molecule has 0 aromatic carbocycles. The number of allylic oxidation sites excluding steroid dienone is 1. The Morgan fingerprint density at radius 3 is 2.31 bits per heavy atom. The van der Waals surface area contributed by atoms with Crippen molar-refractivity contribution in [2.75, 3.05) is 0 Å². The molecule has 4 heteroatoms. The van der Waals surface area contributed by atoms with Crippen molar-refractivity contribution in [3.63, 3.8) is 0 Å². The van der Waals surface area contributed by atoms with Crippen LogP contribution in [0.1, 0.15) is 109 Å². The van der Waals surface area contributed by atoms with Gasteiger partial charge in [-0.3, -0.25) is 9.78 Å². The number of ether oxygens (including phenoxy) is 1. The maximum Gasteiger partial charge on any atom is 0.182 e. The first-order valence-electron chi connectivity index (χ1n) is 11.2. The molecule has 29 heavy (non-hydrogen) atoms. The number of aromatic nitrogens is 2. The highest BCUT2D eigenvalue weighted by molar-refractivity contribution is 5.94. The number of carbonyl (C=O) groups is 1. The molecule has 1 unspecified atom stereocenters. The van der Waals surface area contributed by atoms with Crippen LogP contribution < -0.4 is 0 Å². The molecule has 0 aliphatic heterocycles. The van der Waals surface area contributed by atoms with Crippen LogP contribution in [0.4, 0.5) is 0 Å². The van der Waals surface area contributed by atoms with Crippen LogP contribution in [0, 0.1) is 18.3 Å². The average Bonchev–Trinajstić information content (AvgIpc) is 2.62. The molecule has 0 radical (unpaired) electrons. The molecule has 0 aliphatic rings. The maximum atomic E-state index is 12.6. The number of hydrogen-bond donors (Lipinski definition) is 0.